The quantitative estimate of drug-likeness (QED) is 0.374. The van der Waals surface area contributed by atoms with Crippen LogP contribution in [-0.4, -0.2) is 25.8 Å². The molecule has 3 N–H and O–H groups in total. The highest BCUT2D eigenvalue weighted by Crippen LogP contribution is 2.20. The number of anilines is 3. The number of carbonyl (C=O) groups excluding carboxylic acids is 1. The highest BCUT2D eigenvalue weighted by Gasteiger charge is 2.16. The van der Waals surface area contributed by atoms with Crippen LogP contribution in [0.4, 0.5) is 23.3 Å². The number of nitrogens with one attached hydrogen (secondary N) is 1. The smallest absolute Gasteiger partial charge is 0.338 e. The molecule has 0 radical (unpaired) electrons. The average Bonchev–Trinajstić information content (AvgIpc) is 2.66. The SMILES string of the molecule is Cc1ccc(C(=O)OCc2nc(N)nc(Nc3ccccc3)n2)cc1[N+](=O)[O-]. The van der Waals surface area contributed by atoms with Gasteiger partial charge in [-0.15, -0.1) is 0 Å². The third kappa shape index (κ3) is 4.55. The standard InChI is InChI=1S/C18H16N6O4/c1-11-7-8-12(9-14(11)24(26)27)16(25)28-10-15-21-17(19)23-18(22-15)20-13-5-3-2-4-6-13/h2-9H,10H2,1H3,(H3,19,20,21,22,23). The molecule has 3 rings (SSSR count). The maximum atomic E-state index is 12.2. The second kappa shape index (κ2) is 8.08. The molecular weight excluding hydrogens is 364 g/mol. The van der Waals surface area contributed by atoms with Crippen LogP contribution >= 0.6 is 0 Å². The number of nitrogens with zero attached hydrogens (tertiary/aromatic N) is 4. The molecule has 1 aromatic heterocycles. The van der Waals surface area contributed by atoms with Crippen LogP contribution in [0.15, 0.2) is 48.5 Å². The van der Waals surface area contributed by atoms with Crippen LogP contribution in [0.25, 0.3) is 0 Å². The average molecular weight is 380 g/mol. The molecule has 0 aliphatic carbocycles. The number of nitro benzene ring substituents is 1. The van der Waals surface area contributed by atoms with Gasteiger partial charge in [0, 0.05) is 17.3 Å². The minimum atomic E-state index is -0.736. The summed E-state index contributed by atoms with van der Waals surface area (Å²) in [4.78, 5) is 34.7. The summed E-state index contributed by atoms with van der Waals surface area (Å²) in [5.74, 6) is -0.429. The summed E-state index contributed by atoms with van der Waals surface area (Å²) in [7, 11) is 0. The number of nitrogens with two attached hydrogens (primary N) is 1. The van der Waals surface area contributed by atoms with E-state index in [1.54, 1.807) is 6.92 Å². The first-order chi connectivity index (χ1) is 13.4. The summed E-state index contributed by atoms with van der Waals surface area (Å²) in [5.41, 5.74) is 6.78. The molecule has 0 aliphatic rings. The van der Waals surface area contributed by atoms with Crippen LogP contribution in [0, 0.1) is 17.0 Å². The molecule has 0 aliphatic heterocycles. The molecule has 0 saturated carbocycles. The molecule has 0 fully saturated rings. The van der Waals surface area contributed by atoms with E-state index < -0.39 is 10.9 Å². The van der Waals surface area contributed by atoms with Crippen LogP contribution in [-0.2, 0) is 11.3 Å². The van der Waals surface area contributed by atoms with Gasteiger partial charge in [-0.3, -0.25) is 10.1 Å². The minimum Gasteiger partial charge on any atom is -0.454 e. The van der Waals surface area contributed by atoms with Crippen molar-refractivity contribution in [3.63, 3.8) is 0 Å². The normalized spacial score (nSPS) is 10.3. The number of hydrogen-bond donors (Lipinski definition) is 2. The first-order valence-corrected chi connectivity index (χ1v) is 8.17. The van der Waals surface area contributed by atoms with Crippen molar-refractivity contribution < 1.29 is 14.5 Å². The number of ether oxygens (including phenoxy) is 1. The lowest BCUT2D eigenvalue weighted by Gasteiger charge is -2.08. The maximum absolute atomic E-state index is 12.2. The van der Waals surface area contributed by atoms with Gasteiger partial charge in [0.05, 0.1) is 10.5 Å². The van der Waals surface area contributed by atoms with Crippen LogP contribution in [0.1, 0.15) is 21.7 Å². The summed E-state index contributed by atoms with van der Waals surface area (Å²) < 4.78 is 5.15. The lowest BCUT2D eigenvalue weighted by Crippen LogP contribution is -2.11. The Morgan fingerprint density at radius 1 is 1.18 bits per heavy atom. The van der Waals surface area contributed by atoms with Crippen molar-refractivity contribution >= 4 is 29.2 Å². The van der Waals surface area contributed by atoms with Gasteiger partial charge in [-0.05, 0) is 25.1 Å². The Morgan fingerprint density at radius 3 is 2.64 bits per heavy atom. The molecular formula is C18H16N6O4. The molecule has 142 valence electrons. The number of carbonyl (C=O) groups is 1. The van der Waals surface area contributed by atoms with Gasteiger partial charge >= 0.3 is 5.97 Å². The minimum absolute atomic E-state index is 0.0366. The lowest BCUT2D eigenvalue weighted by molar-refractivity contribution is -0.385. The second-order valence-electron chi connectivity index (χ2n) is 5.76. The summed E-state index contributed by atoms with van der Waals surface area (Å²) >= 11 is 0. The number of nitrogen functional groups attached to an aromatic ring is 1. The maximum Gasteiger partial charge on any atom is 0.338 e. The number of para-hydroxylation sites is 1. The van der Waals surface area contributed by atoms with Gasteiger partial charge in [0.1, 0.15) is 0 Å². The molecule has 10 heteroatoms. The molecule has 28 heavy (non-hydrogen) atoms. The van der Waals surface area contributed by atoms with E-state index in [9.17, 15) is 14.9 Å². The van der Waals surface area contributed by atoms with Gasteiger partial charge in [0.2, 0.25) is 11.9 Å². The molecule has 2 aromatic carbocycles. The molecule has 0 spiro atoms. The molecule has 10 nitrogen and oxygen atoms in total. The first kappa shape index (κ1) is 18.7. The number of aromatic nitrogens is 3. The van der Waals surface area contributed by atoms with Gasteiger partial charge in [-0.2, -0.15) is 15.0 Å². The van der Waals surface area contributed by atoms with E-state index in [-0.39, 0.29) is 35.6 Å². The van der Waals surface area contributed by atoms with Gasteiger partial charge in [0.15, 0.2) is 12.4 Å². The Balaban J connectivity index is 1.71. The summed E-state index contributed by atoms with van der Waals surface area (Å²) in [5, 5.41) is 14.0. The number of rotatable bonds is 6. The summed E-state index contributed by atoms with van der Waals surface area (Å²) in [6.45, 7) is 1.32. The predicted octanol–water partition coefficient (Wildman–Crippen LogP) is 2.77. The number of nitro groups is 1. The predicted molar refractivity (Wildman–Crippen MR) is 101 cm³/mol. The third-order valence-electron chi connectivity index (χ3n) is 3.70. The number of aryl methyl sites for hydroxylation is 1. The molecule has 0 unspecified atom stereocenters. The Morgan fingerprint density at radius 2 is 1.93 bits per heavy atom. The van der Waals surface area contributed by atoms with Crippen LogP contribution in [0.2, 0.25) is 0 Å². The zero-order valence-corrected chi connectivity index (χ0v) is 14.8. The van der Waals surface area contributed by atoms with Crippen molar-refractivity contribution in [3.8, 4) is 0 Å². The largest absolute Gasteiger partial charge is 0.454 e. The number of benzene rings is 2. The first-order valence-electron chi connectivity index (χ1n) is 8.17. The van der Waals surface area contributed by atoms with E-state index in [2.05, 4.69) is 20.3 Å². The van der Waals surface area contributed by atoms with E-state index in [1.165, 1.54) is 18.2 Å². The van der Waals surface area contributed by atoms with E-state index in [4.69, 9.17) is 10.5 Å². The zero-order chi connectivity index (χ0) is 20.1. The molecule has 1 heterocycles. The molecule has 0 atom stereocenters. The van der Waals surface area contributed by atoms with E-state index in [0.717, 1.165) is 5.69 Å². The van der Waals surface area contributed by atoms with Gasteiger partial charge in [0.25, 0.3) is 5.69 Å². The Hall–Kier alpha value is -4.08. The Kier molecular flexibility index (Phi) is 5.40. The Labute approximate surface area is 159 Å². The van der Waals surface area contributed by atoms with Gasteiger partial charge in [-0.1, -0.05) is 24.3 Å². The highest BCUT2D eigenvalue weighted by molar-refractivity contribution is 5.90. The number of esters is 1. The van der Waals surface area contributed by atoms with Crippen molar-refractivity contribution in [1.82, 2.24) is 15.0 Å². The van der Waals surface area contributed by atoms with Gasteiger partial charge in [-0.25, -0.2) is 4.79 Å². The third-order valence-corrected chi connectivity index (χ3v) is 3.70. The van der Waals surface area contributed by atoms with Gasteiger partial charge < -0.3 is 15.8 Å². The monoisotopic (exact) mass is 380 g/mol. The van der Waals surface area contributed by atoms with Crippen molar-refractivity contribution in [2.24, 2.45) is 0 Å². The Bertz CT molecular complexity index is 1030. The molecule has 0 bridgehead atoms. The lowest BCUT2D eigenvalue weighted by atomic mass is 10.1. The fourth-order valence-electron chi connectivity index (χ4n) is 2.36. The fraction of sp³-hybridized carbons (Fsp3) is 0.111. The van der Waals surface area contributed by atoms with Crippen LogP contribution < -0.4 is 11.1 Å². The molecule has 0 amide bonds. The van der Waals surface area contributed by atoms with Crippen molar-refractivity contribution in [2.45, 2.75) is 13.5 Å². The fourth-order valence-corrected chi connectivity index (χ4v) is 2.36. The van der Waals surface area contributed by atoms with Crippen molar-refractivity contribution in [2.75, 3.05) is 11.1 Å². The topological polar surface area (TPSA) is 146 Å². The molecule has 0 saturated heterocycles. The highest BCUT2D eigenvalue weighted by atomic mass is 16.6. The van der Waals surface area contributed by atoms with E-state index in [0.29, 0.717) is 5.56 Å². The van der Waals surface area contributed by atoms with Crippen LogP contribution in [0.3, 0.4) is 0 Å². The van der Waals surface area contributed by atoms with E-state index >= 15 is 0 Å². The molecule has 3 aromatic rings. The van der Waals surface area contributed by atoms with Crippen molar-refractivity contribution in [3.05, 3.63) is 75.6 Å². The second-order valence-corrected chi connectivity index (χ2v) is 5.76. The van der Waals surface area contributed by atoms with Crippen LogP contribution in [0.5, 0.6) is 0 Å². The summed E-state index contributed by atoms with van der Waals surface area (Å²) in [6.07, 6.45) is 0. The number of hydrogen-bond acceptors (Lipinski definition) is 9. The van der Waals surface area contributed by atoms with E-state index in [1.807, 2.05) is 30.3 Å². The van der Waals surface area contributed by atoms with Crippen molar-refractivity contribution in [1.29, 1.82) is 0 Å². The zero-order valence-electron chi connectivity index (χ0n) is 14.8. The summed E-state index contributed by atoms with van der Waals surface area (Å²) in [6, 6.07) is 13.3.